The predicted molar refractivity (Wildman–Crippen MR) is 97.9 cm³/mol. The van der Waals surface area contributed by atoms with Gasteiger partial charge in [0.2, 0.25) is 0 Å². The van der Waals surface area contributed by atoms with Crippen molar-refractivity contribution in [3.05, 3.63) is 29.3 Å². The molecule has 0 radical (unpaired) electrons. The van der Waals surface area contributed by atoms with Gasteiger partial charge in [-0.3, -0.25) is 4.79 Å². The highest BCUT2D eigenvalue weighted by Crippen LogP contribution is 2.32. The maximum atomic E-state index is 12.5. The molecule has 25 heavy (non-hydrogen) atoms. The highest BCUT2D eigenvalue weighted by molar-refractivity contribution is 5.78. The van der Waals surface area contributed by atoms with E-state index in [-0.39, 0.29) is 17.9 Å². The van der Waals surface area contributed by atoms with Crippen molar-refractivity contribution >= 4 is 5.91 Å². The zero-order chi connectivity index (χ0) is 18.7. The van der Waals surface area contributed by atoms with Crippen molar-refractivity contribution in [2.24, 2.45) is 0 Å². The van der Waals surface area contributed by atoms with E-state index in [1.807, 2.05) is 17.0 Å². The Morgan fingerprint density at radius 1 is 1.16 bits per heavy atom. The number of piperidine rings is 1. The Hall–Kier alpha value is -1.59. The van der Waals surface area contributed by atoms with Crippen LogP contribution < -0.4 is 4.74 Å². The first-order chi connectivity index (χ1) is 11.7. The Kier molecular flexibility index (Phi) is 6.12. The Balaban J connectivity index is 1.98. The van der Waals surface area contributed by atoms with Crippen LogP contribution in [0.5, 0.6) is 5.75 Å². The van der Waals surface area contributed by atoms with Gasteiger partial charge in [0.1, 0.15) is 5.75 Å². The number of carbonyl (C=O) groups excluding carboxylic acids is 1. The zero-order valence-electron chi connectivity index (χ0n) is 16.3. The van der Waals surface area contributed by atoms with Crippen LogP contribution in [0.25, 0.3) is 0 Å². The van der Waals surface area contributed by atoms with Crippen LogP contribution in [0, 0.1) is 6.92 Å². The van der Waals surface area contributed by atoms with Crippen molar-refractivity contribution in [1.82, 2.24) is 4.90 Å². The van der Waals surface area contributed by atoms with Crippen LogP contribution in [0.2, 0.25) is 0 Å². The molecule has 1 amide bonds. The van der Waals surface area contributed by atoms with Gasteiger partial charge in [0.05, 0.1) is 0 Å². The van der Waals surface area contributed by atoms with Crippen LogP contribution in [0.3, 0.4) is 0 Å². The van der Waals surface area contributed by atoms with Crippen LogP contribution in [-0.4, -0.2) is 50.5 Å². The summed E-state index contributed by atoms with van der Waals surface area (Å²) < 4.78 is 16.8. The molecule has 1 heterocycles. The van der Waals surface area contributed by atoms with Gasteiger partial charge in [-0.25, -0.2) is 0 Å². The van der Waals surface area contributed by atoms with E-state index in [1.165, 1.54) is 5.56 Å². The first-order valence-electron chi connectivity index (χ1n) is 8.83. The lowest BCUT2D eigenvalue weighted by Crippen LogP contribution is -2.49. The second-order valence-electron chi connectivity index (χ2n) is 7.74. The van der Waals surface area contributed by atoms with Crippen molar-refractivity contribution in [3.63, 3.8) is 0 Å². The molecule has 2 rings (SSSR count). The highest BCUT2D eigenvalue weighted by atomic mass is 16.7. The number of carbonyl (C=O) groups is 1. The number of methoxy groups -OCH3 is 2. The van der Waals surface area contributed by atoms with E-state index in [4.69, 9.17) is 14.2 Å². The summed E-state index contributed by atoms with van der Waals surface area (Å²) in [5.41, 5.74) is 2.28. The average Bonchev–Trinajstić information content (AvgIpc) is 2.59. The van der Waals surface area contributed by atoms with E-state index < -0.39 is 5.79 Å². The van der Waals surface area contributed by atoms with Crippen LogP contribution >= 0.6 is 0 Å². The maximum Gasteiger partial charge on any atom is 0.260 e. The molecule has 0 saturated carbocycles. The largest absolute Gasteiger partial charge is 0.483 e. The fourth-order valence-corrected chi connectivity index (χ4v) is 3.17. The molecule has 0 unspecified atom stereocenters. The second kappa shape index (κ2) is 7.75. The van der Waals surface area contributed by atoms with Crippen molar-refractivity contribution in [2.45, 2.75) is 51.7 Å². The molecule has 5 heteroatoms. The lowest BCUT2D eigenvalue weighted by atomic mass is 9.85. The van der Waals surface area contributed by atoms with Crippen molar-refractivity contribution in [2.75, 3.05) is 33.9 Å². The van der Waals surface area contributed by atoms with Gasteiger partial charge in [-0.1, -0.05) is 38.5 Å². The number of rotatable bonds is 5. The summed E-state index contributed by atoms with van der Waals surface area (Å²) in [6, 6.07) is 6.11. The molecule has 1 aliphatic heterocycles. The fourth-order valence-electron chi connectivity index (χ4n) is 3.17. The Morgan fingerprint density at radius 2 is 1.76 bits per heavy atom. The summed E-state index contributed by atoms with van der Waals surface area (Å²) in [7, 11) is 3.30. The number of hydrogen-bond donors (Lipinski definition) is 0. The number of aryl methyl sites for hydroxylation is 1. The molecule has 1 aromatic rings. The number of benzene rings is 1. The monoisotopic (exact) mass is 349 g/mol. The molecule has 1 fully saturated rings. The molecule has 0 aliphatic carbocycles. The third kappa shape index (κ3) is 4.73. The molecule has 5 nitrogen and oxygen atoms in total. The average molecular weight is 349 g/mol. The maximum absolute atomic E-state index is 12.5. The van der Waals surface area contributed by atoms with Crippen molar-refractivity contribution in [1.29, 1.82) is 0 Å². The summed E-state index contributed by atoms with van der Waals surface area (Å²) in [5, 5.41) is 0. The molecule has 1 saturated heterocycles. The number of likely N-dealkylation sites (tertiary alicyclic amines) is 1. The Morgan fingerprint density at radius 3 is 2.28 bits per heavy atom. The molecule has 0 bridgehead atoms. The number of ether oxygens (including phenoxy) is 3. The first kappa shape index (κ1) is 19.7. The smallest absolute Gasteiger partial charge is 0.260 e. The topological polar surface area (TPSA) is 48.0 Å². The van der Waals surface area contributed by atoms with Crippen molar-refractivity contribution < 1.29 is 19.0 Å². The van der Waals surface area contributed by atoms with Crippen LogP contribution in [-0.2, 0) is 19.7 Å². The first-order valence-corrected chi connectivity index (χ1v) is 8.83. The lowest BCUT2D eigenvalue weighted by Gasteiger charge is -2.39. The van der Waals surface area contributed by atoms with E-state index in [2.05, 4.69) is 33.8 Å². The van der Waals surface area contributed by atoms with Gasteiger partial charge in [0, 0.05) is 40.2 Å². The molecular formula is C20H31NO4. The quantitative estimate of drug-likeness (QED) is 0.766. The third-order valence-electron chi connectivity index (χ3n) is 4.92. The van der Waals surface area contributed by atoms with Gasteiger partial charge in [0.25, 0.3) is 5.91 Å². The summed E-state index contributed by atoms with van der Waals surface area (Å²) in [6.07, 6.45) is 1.34. The molecule has 0 atom stereocenters. The van der Waals surface area contributed by atoms with Crippen molar-refractivity contribution in [3.8, 4) is 5.75 Å². The second-order valence-corrected chi connectivity index (χ2v) is 7.74. The predicted octanol–water partition coefficient (Wildman–Crippen LogP) is 3.28. The number of hydrogen-bond acceptors (Lipinski definition) is 4. The lowest BCUT2D eigenvalue weighted by molar-refractivity contribution is -0.228. The Bertz CT molecular complexity index is 592. The standard InChI is InChI=1S/C20H31NO4/c1-15-7-8-17(16(13-15)19(2,3)4)25-14-18(22)21-11-9-20(23-5,24-6)10-12-21/h7-8,13H,9-12,14H2,1-6H3. The van der Waals surface area contributed by atoms with Gasteiger partial charge in [-0.15, -0.1) is 0 Å². The minimum atomic E-state index is -0.562. The van der Waals surface area contributed by atoms with Gasteiger partial charge < -0.3 is 19.1 Å². The molecule has 1 aromatic carbocycles. The number of nitrogens with zero attached hydrogens (tertiary/aromatic N) is 1. The molecule has 0 aromatic heterocycles. The summed E-state index contributed by atoms with van der Waals surface area (Å²) in [6.45, 7) is 9.80. The molecule has 0 N–H and O–H groups in total. The normalized spacial score (nSPS) is 17.4. The molecule has 1 aliphatic rings. The van der Waals surface area contributed by atoms with E-state index in [1.54, 1.807) is 14.2 Å². The van der Waals surface area contributed by atoms with Gasteiger partial charge in [-0.2, -0.15) is 0 Å². The SMILES string of the molecule is COC1(OC)CCN(C(=O)COc2ccc(C)cc2C(C)(C)C)CC1. The Labute approximate surface area is 151 Å². The highest BCUT2D eigenvalue weighted by Gasteiger charge is 2.36. The van der Waals surface area contributed by atoms with E-state index in [0.29, 0.717) is 25.9 Å². The summed E-state index contributed by atoms with van der Waals surface area (Å²) in [4.78, 5) is 14.3. The molecule has 0 spiro atoms. The van der Waals surface area contributed by atoms with E-state index >= 15 is 0 Å². The summed E-state index contributed by atoms with van der Waals surface area (Å²) >= 11 is 0. The van der Waals surface area contributed by atoms with Gasteiger partial charge >= 0.3 is 0 Å². The van der Waals surface area contributed by atoms with Crippen LogP contribution in [0.15, 0.2) is 18.2 Å². The zero-order valence-corrected chi connectivity index (χ0v) is 16.3. The van der Waals surface area contributed by atoms with Crippen LogP contribution in [0.4, 0.5) is 0 Å². The molecule has 140 valence electrons. The van der Waals surface area contributed by atoms with E-state index in [9.17, 15) is 4.79 Å². The minimum absolute atomic E-state index is 0.00115. The van der Waals surface area contributed by atoms with Crippen LogP contribution in [0.1, 0.15) is 44.7 Å². The van der Waals surface area contributed by atoms with E-state index in [0.717, 1.165) is 11.3 Å². The third-order valence-corrected chi connectivity index (χ3v) is 4.92. The van der Waals surface area contributed by atoms with Gasteiger partial charge in [0.15, 0.2) is 12.4 Å². The van der Waals surface area contributed by atoms with Gasteiger partial charge in [-0.05, 0) is 24.0 Å². The summed E-state index contributed by atoms with van der Waals surface area (Å²) in [5.74, 6) is 0.224. The minimum Gasteiger partial charge on any atom is -0.483 e. The number of amides is 1. The fraction of sp³-hybridized carbons (Fsp3) is 0.650. The molecular weight excluding hydrogens is 318 g/mol.